The highest BCUT2D eigenvalue weighted by atomic mass is 15.3. The molecule has 0 saturated heterocycles. The van der Waals surface area contributed by atoms with E-state index in [4.69, 9.17) is 5.73 Å². The first kappa shape index (κ1) is 13.8. The molecule has 4 rings (SSSR count). The quantitative estimate of drug-likeness (QED) is 0.787. The minimum absolute atomic E-state index is 0.551. The second kappa shape index (κ2) is 5.08. The van der Waals surface area contributed by atoms with Crippen LogP contribution in [0.25, 0.3) is 5.82 Å². The average molecular weight is 306 g/mol. The second-order valence-corrected chi connectivity index (χ2v) is 5.80. The SMILES string of the molecule is Cc1cc(C)n(-c2ncnc(N3CCc4ccccc43)c2N)n1. The monoisotopic (exact) mass is 306 g/mol. The Kier molecular flexibility index (Phi) is 3.04. The summed E-state index contributed by atoms with van der Waals surface area (Å²) in [6, 6.07) is 10.4. The number of nitrogens with two attached hydrogens (primary N) is 1. The molecule has 0 unspecified atom stereocenters. The van der Waals surface area contributed by atoms with Gasteiger partial charge in [-0.05, 0) is 38.0 Å². The molecular weight excluding hydrogens is 288 g/mol. The van der Waals surface area contributed by atoms with Gasteiger partial charge in [-0.15, -0.1) is 0 Å². The molecule has 0 amide bonds. The Bertz CT molecular complexity index is 883. The van der Waals surface area contributed by atoms with Crippen LogP contribution in [-0.4, -0.2) is 26.3 Å². The molecule has 116 valence electrons. The highest BCUT2D eigenvalue weighted by Crippen LogP contribution is 2.37. The number of fused-ring (bicyclic) bond motifs is 1. The van der Waals surface area contributed by atoms with Gasteiger partial charge < -0.3 is 10.6 Å². The summed E-state index contributed by atoms with van der Waals surface area (Å²) in [6.45, 7) is 4.82. The summed E-state index contributed by atoms with van der Waals surface area (Å²) in [7, 11) is 0. The molecule has 3 heterocycles. The van der Waals surface area contributed by atoms with E-state index in [-0.39, 0.29) is 0 Å². The minimum atomic E-state index is 0.551. The van der Waals surface area contributed by atoms with Crippen molar-refractivity contribution >= 4 is 17.2 Å². The third kappa shape index (κ3) is 2.14. The van der Waals surface area contributed by atoms with Crippen molar-refractivity contribution in [2.75, 3.05) is 17.2 Å². The normalized spacial score (nSPS) is 13.4. The molecule has 0 atom stereocenters. The molecule has 0 spiro atoms. The molecule has 1 aliphatic heterocycles. The minimum Gasteiger partial charge on any atom is -0.393 e. The van der Waals surface area contributed by atoms with Crippen LogP contribution in [0.2, 0.25) is 0 Å². The van der Waals surface area contributed by atoms with Gasteiger partial charge in [-0.1, -0.05) is 18.2 Å². The largest absolute Gasteiger partial charge is 0.393 e. The summed E-state index contributed by atoms with van der Waals surface area (Å²) in [5.74, 6) is 1.37. The van der Waals surface area contributed by atoms with Crippen LogP contribution in [-0.2, 0) is 6.42 Å². The van der Waals surface area contributed by atoms with Crippen LogP contribution < -0.4 is 10.6 Å². The van der Waals surface area contributed by atoms with Gasteiger partial charge in [0.15, 0.2) is 11.6 Å². The van der Waals surface area contributed by atoms with Crippen LogP contribution in [0.15, 0.2) is 36.7 Å². The van der Waals surface area contributed by atoms with Gasteiger partial charge in [0.05, 0.1) is 5.69 Å². The highest BCUT2D eigenvalue weighted by molar-refractivity contribution is 5.78. The maximum atomic E-state index is 6.40. The molecule has 2 N–H and O–H groups in total. The highest BCUT2D eigenvalue weighted by Gasteiger charge is 2.24. The molecule has 1 aromatic carbocycles. The molecule has 0 bridgehead atoms. The van der Waals surface area contributed by atoms with Crippen molar-refractivity contribution in [3.05, 3.63) is 53.6 Å². The molecule has 2 aromatic heterocycles. The Morgan fingerprint density at radius 3 is 2.65 bits per heavy atom. The van der Waals surface area contributed by atoms with Gasteiger partial charge in [-0.2, -0.15) is 5.10 Å². The number of nitrogens with zero attached hydrogens (tertiary/aromatic N) is 5. The van der Waals surface area contributed by atoms with Gasteiger partial charge >= 0.3 is 0 Å². The van der Waals surface area contributed by atoms with Crippen molar-refractivity contribution in [1.29, 1.82) is 0 Å². The number of benzene rings is 1. The van der Waals surface area contributed by atoms with Crippen molar-refractivity contribution in [2.45, 2.75) is 20.3 Å². The van der Waals surface area contributed by atoms with Gasteiger partial charge in [-0.25, -0.2) is 14.6 Å². The molecule has 1 aliphatic rings. The molecule has 3 aromatic rings. The Balaban J connectivity index is 1.83. The lowest BCUT2D eigenvalue weighted by Gasteiger charge is -2.21. The lowest BCUT2D eigenvalue weighted by Crippen LogP contribution is -2.19. The summed E-state index contributed by atoms with van der Waals surface area (Å²) < 4.78 is 1.78. The summed E-state index contributed by atoms with van der Waals surface area (Å²) in [4.78, 5) is 10.9. The molecule has 6 nitrogen and oxygen atoms in total. The molecular formula is C17H18N6. The number of para-hydroxylation sites is 1. The predicted molar refractivity (Wildman–Crippen MR) is 90.2 cm³/mol. The molecule has 0 fully saturated rings. The second-order valence-electron chi connectivity index (χ2n) is 5.80. The van der Waals surface area contributed by atoms with E-state index in [9.17, 15) is 0 Å². The first-order valence-electron chi connectivity index (χ1n) is 7.64. The molecule has 23 heavy (non-hydrogen) atoms. The van der Waals surface area contributed by atoms with Gasteiger partial charge in [-0.3, -0.25) is 0 Å². The number of anilines is 3. The van der Waals surface area contributed by atoms with Crippen molar-refractivity contribution in [3.63, 3.8) is 0 Å². The van der Waals surface area contributed by atoms with Crippen molar-refractivity contribution in [1.82, 2.24) is 19.7 Å². The van der Waals surface area contributed by atoms with Gasteiger partial charge in [0.2, 0.25) is 0 Å². The fourth-order valence-electron chi connectivity index (χ4n) is 3.16. The summed E-state index contributed by atoms with van der Waals surface area (Å²) in [5, 5.41) is 4.48. The Hall–Kier alpha value is -2.89. The van der Waals surface area contributed by atoms with E-state index in [0.29, 0.717) is 11.5 Å². The van der Waals surface area contributed by atoms with Crippen LogP contribution in [0.5, 0.6) is 0 Å². The van der Waals surface area contributed by atoms with E-state index < -0.39 is 0 Å². The number of aryl methyl sites for hydroxylation is 2. The number of hydrogen-bond donors (Lipinski definition) is 1. The van der Waals surface area contributed by atoms with E-state index in [1.54, 1.807) is 11.0 Å². The molecule has 0 radical (unpaired) electrons. The zero-order valence-electron chi connectivity index (χ0n) is 13.2. The zero-order chi connectivity index (χ0) is 16.0. The number of rotatable bonds is 2. The summed E-state index contributed by atoms with van der Waals surface area (Å²) in [5.41, 5.74) is 11.4. The topological polar surface area (TPSA) is 72.9 Å². The van der Waals surface area contributed by atoms with E-state index in [1.807, 2.05) is 26.0 Å². The number of aromatic nitrogens is 4. The van der Waals surface area contributed by atoms with Crippen molar-refractivity contribution in [3.8, 4) is 5.82 Å². The van der Waals surface area contributed by atoms with Crippen LogP contribution >= 0.6 is 0 Å². The maximum absolute atomic E-state index is 6.40. The predicted octanol–water partition coefficient (Wildman–Crippen LogP) is 2.56. The number of hydrogen-bond acceptors (Lipinski definition) is 5. The van der Waals surface area contributed by atoms with E-state index in [0.717, 1.165) is 35.9 Å². The van der Waals surface area contributed by atoms with Crippen LogP contribution in [0.1, 0.15) is 17.0 Å². The third-order valence-electron chi connectivity index (χ3n) is 4.19. The van der Waals surface area contributed by atoms with Gasteiger partial charge in [0.25, 0.3) is 0 Å². The fourth-order valence-corrected chi connectivity index (χ4v) is 3.16. The maximum Gasteiger partial charge on any atom is 0.182 e. The van der Waals surface area contributed by atoms with Crippen LogP contribution in [0, 0.1) is 13.8 Å². The smallest absolute Gasteiger partial charge is 0.182 e. The summed E-state index contributed by atoms with van der Waals surface area (Å²) >= 11 is 0. The Labute approximate surface area is 134 Å². The lowest BCUT2D eigenvalue weighted by atomic mass is 10.2. The van der Waals surface area contributed by atoms with E-state index in [1.165, 1.54) is 5.56 Å². The van der Waals surface area contributed by atoms with Gasteiger partial charge in [0.1, 0.15) is 12.0 Å². The average Bonchev–Trinajstić information content (AvgIpc) is 3.11. The molecule has 0 saturated carbocycles. The first-order valence-corrected chi connectivity index (χ1v) is 7.64. The Morgan fingerprint density at radius 1 is 1.09 bits per heavy atom. The van der Waals surface area contributed by atoms with E-state index in [2.05, 4.69) is 38.2 Å². The molecule has 0 aliphatic carbocycles. The zero-order valence-corrected chi connectivity index (χ0v) is 13.2. The van der Waals surface area contributed by atoms with Crippen molar-refractivity contribution < 1.29 is 0 Å². The molecule has 6 heteroatoms. The van der Waals surface area contributed by atoms with Crippen LogP contribution in [0.4, 0.5) is 17.2 Å². The lowest BCUT2D eigenvalue weighted by molar-refractivity contribution is 0.801. The third-order valence-corrected chi connectivity index (χ3v) is 4.19. The van der Waals surface area contributed by atoms with Crippen molar-refractivity contribution in [2.24, 2.45) is 0 Å². The van der Waals surface area contributed by atoms with Crippen LogP contribution in [0.3, 0.4) is 0 Å². The van der Waals surface area contributed by atoms with Gasteiger partial charge in [0, 0.05) is 17.9 Å². The number of nitrogen functional groups attached to an aromatic ring is 1. The standard InChI is InChI=1S/C17H18N6/c1-11-9-12(2)23(21-11)17-15(18)16(19-10-20-17)22-8-7-13-5-3-4-6-14(13)22/h3-6,9-10H,7-8,18H2,1-2H3. The first-order chi connectivity index (χ1) is 11.1. The summed E-state index contributed by atoms with van der Waals surface area (Å²) in [6.07, 6.45) is 2.55. The fraction of sp³-hybridized carbons (Fsp3) is 0.235. The Morgan fingerprint density at radius 2 is 1.87 bits per heavy atom. The van der Waals surface area contributed by atoms with E-state index >= 15 is 0 Å².